The standard InChI is InChI=1S/C10H13FN2O/c1-8(14)13-10-4-2-3-9(7-10)12-6-5-11/h2-4,7,12H,5-6H2,1H3,(H,13,14). The van der Waals surface area contributed by atoms with Crippen molar-refractivity contribution in [3.05, 3.63) is 24.3 Å². The molecule has 0 unspecified atom stereocenters. The third-order valence-electron chi connectivity index (χ3n) is 1.61. The average molecular weight is 196 g/mol. The molecule has 1 aromatic carbocycles. The molecule has 0 saturated carbocycles. The number of carbonyl (C=O) groups is 1. The highest BCUT2D eigenvalue weighted by Crippen LogP contribution is 2.14. The highest BCUT2D eigenvalue weighted by Gasteiger charge is 1.96. The van der Waals surface area contributed by atoms with Gasteiger partial charge >= 0.3 is 0 Å². The van der Waals surface area contributed by atoms with E-state index in [1.165, 1.54) is 6.92 Å². The van der Waals surface area contributed by atoms with E-state index in [-0.39, 0.29) is 12.5 Å². The molecule has 0 bridgehead atoms. The predicted octanol–water partition coefficient (Wildman–Crippen LogP) is 2.03. The van der Waals surface area contributed by atoms with Crippen molar-refractivity contribution in [2.45, 2.75) is 6.92 Å². The van der Waals surface area contributed by atoms with Crippen molar-refractivity contribution < 1.29 is 9.18 Å². The first-order valence-corrected chi connectivity index (χ1v) is 4.40. The van der Waals surface area contributed by atoms with Gasteiger partial charge in [0.05, 0.1) is 0 Å². The Kier molecular flexibility index (Phi) is 3.91. The van der Waals surface area contributed by atoms with Crippen molar-refractivity contribution >= 4 is 17.3 Å². The Morgan fingerprint density at radius 1 is 1.43 bits per heavy atom. The number of amides is 1. The van der Waals surface area contributed by atoms with Gasteiger partial charge in [0.15, 0.2) is 0 Å². The van der Waals surface area contributed by atoms with E-state index in [2.05, 4.69) is 10.6 Å². The van der Waals surface area contributed by atoms with E-state index in [4.69, 9.17) is 0 Å². The summed E-state index contributed by atoms with van der Waals surface area (Å²) in [6.45, 7) is 1.32. The summed E-state index contributed by atoms with van der Waals surface area (Å²) in [4.78, 5) is 10.7. The smallest absolute Gasteiger partial charge is 0.221 e. The summed E-state index contributed by atoms with van der Waals surface area (Å²) in [5, 5.41) is 5.53. The normalized spacial score (nSPS) is 9.57. The summed E-state index contributed by atoms with van der Waals surface area (Å²) in [6, 6.07) is 7.16. The van der Waals surface area contributed by atoms with Gasteiger partial charge in [0.1, 0.15) is 6.67 Å². The number of halogens is 1. The lowest BCUT2D eigenvalue weighted by Crippen LogP contribution is -2.07. The molecule has 0 fully saturated rings. The molecule has 4 heteroatoms. The van der Waals surface area contributed by atoms with Crippen LogP contribution in [0.5, 0.6) is 0 Å². The van der Waals surface area contributed by atoms with Crippen LogP contribution in [0, 0.1) is 0 Å². The van der Waals surface area contributed by atoms with Crippen molar-refractivity contribution in [2.75, 3.05) is 23.9 Å². The molecule has 14 heavy (non-hydrogen) atoms. The van der Waals surface area contributed by atoms with E-state index in [1.54, 1.807) is 18.2 Å². The summed E-state index contributed by atoms with van der Waals surface area (Å²) >= 11 is 0. The molecule has 1 aromatic rings. The van der Waals surface area contributed by atoms with E-state index < -0.39 is 6.67 Å². The molecule has 76 valence electrons. The number of alkyl halides is 1. The minimum atomic E-state index is -0.412. The third-order valence-corrected chi connectivity index (χ3v) is 1.61. The molecule has 1 amide bonds. The Morgan fingerprint density at radius 2 is 2.14 bits per heavy atom. The Bertz CT molecular complexity index is 315. The zero-order valence-corrected chi connectivity index (χ0v) is 8.01. The Hall–Kier alpha value is -1.58. The van der Waals surface area contributed by atoms with Crippen molar-refractivity contribution in [1.82, 2.24) is 0 Å². The molecule has 0 atom stereocenters. The van der Waals surface area contributed by atoms with Gasteiger partial charge in [0, 0.05) is 24.8 Å². The Labute approximate surface area is 82.3 Å². The van der Waals surface area contributed by atoms with Crippen LogP contribution in [0.15, 0.2) is 24.3 Å². The zero-order chi connectivity index (χ0) is 10.4. The lowest BCUT2D eigenvalue weighted by atomic mass is 10.2. The van der Waals surface area contributed by atoms with Crippen LogP contribution >= 0.6 is 0 Å². The lowest BCUT2D eigenvalue weighted by Gasteiger charge is -2.06. The number of rotatable bonds is 4. The number of benzene rings is 1. The highest BCUT2D eigenvalue weighted by molar-refractivity contribution is 5.89. The van der Waals surface area contributed by atoms with Crippen molar-refractivity contribution in [3.8, 4) is 0 Å². The minimum absolute atomic E-state index is 0.118. The molecule has 0 radical (unpaired) electrons. The molecule has 0 aliphatic rings. The van der Waals surface area contributed by atoms with Gasteiger partial charge in [0.2, 0.25) is 5.91 Å². The van der Waals surface area contributed by atoms with Gasteiger partial charge in [0.25, 0.3) is 0 Å². The monoisotopic (exact) mass is 196 g/mol. The average Bonchev–Trinajstić information content (AvgIpc) is 2.14. The van der Waals surface area contributed by atoms with Gasteiger partial charge in [-0.15, -0.1) is 0 Å². The van der Waals surface area contributed by atoms with Crippen LogP contribution in [0.25, 0.3) is 0 Å². The molecular weight excluding hydrogens is 183 g/mol. The van der Waals surface area contributed by atoms with E-state index in [0.717, 1.165) is 5.69 Å². The second-order valence-electron chi connectivity index (χ2n) is 2.88. The fraction of sp³-hybridized carbons (Fsp3) is 0.300. The molecule has 0 aliphatic carbocycles. The van der Waals surface area contributed by atoms with Crippen LogP contribution in [0.4, 0.5) is 15.8 Å². The first kappa shape index (κ1) is 10.5. The summed E-state index contributed by atoms with van der Waals surface area (Å²) in [7, 11) is 0. The predicted molar refractivity (Wildman–Crippen MR) is 55.2 cm³/mol. The fourth-order valence-corrected chi connectivity index (χ4v) is 1.10. The van der Waals surface area contributed by atoms with Gasteiger partial charge in [-0.2, -0.15) is 0 Å². The SMILES string of the molecule is CC(=O)Nc1cccc(NCCF)c1. The van der Waals surface area contributed by atoms with Gasteiger partial charge in [-0.25, -0.2) is 4.39 Å². The molecular formula is C10H13FN2O. The van der Waals surface area contributed by atoms with E-state index in [0.29, 0.717) is 5.69 Å². The van der Waals surface area contributed by atoms with Crippen molar-refractivity contribution in [3.63, 3.8) is 0 Å². The minimum Gasteiger partial charge on any atom is -0.382 e. The number of hydrogen-bond donors (Lipinski definition) is 2. The van der Waals surface area contributed by atoms with Gasteiger partial charge in [-0.05, 0) is 18.2 Å². The number of carbonyl (C=O) groups excluding carboxylic acids is 1. The summed E-state index contributed by atoms with van der Waals surface area (Å²) < 4.78 is 11.9. The van der Waals surface area contributed by atoms with Crippen molar-refractivity contribution in [1.29, 1.82) is 0 Å². The molecule has 0 aliphatic heterocycles. The molecule has 2 N–H and O–H groups in total. The largest absolute Gasteiger partial charge is 0.382 e. The number of anilines is 2. The second-order valence-corrected chi connectivity index (χ2v) is 2.88. The maximum absolute atomic E-state index is 11.9. The molecule has 1 rings (SSSR count). The third kappa shape index (κ3) is 3.43. The van der Waals surface area contributed by atoms with Crippen LogP contribution in [0.2, 0.25) is 0 Å². The zero-order valence-electron chi connectivity index (χ0n) is 8.01. The molecule has 0 aromatic heterocycles. The lowest BCUT2D eigenvalue weighted by molar-refractivity contribution is -0.114. The fourth-order valence-electron chi connectivity index (χ4n) is 1.10. The summed E-state index contributed by atoms with van der Waals surface area (Å²) in [5.74, 6) is -0.118. The summed E-state index contributed by atoms with van der Waals surface area (Å²) in [5.41, 5.74) is 1.51. The Morgan fingerprint density at radius 3 is 2.79 bits per heavy atom. The molecule has 0 saturated heterocycles. The van der Waals surface area contributed by atoms with Gasteiger partial charge in [-0.1, -0.05) is 6.07 Å². The van der Waals surface area contributed by atoms with E-state index in [9.17, 15) is 9.18 Å². The summed E-state index contributed by atoms with van der Waals surface area (Å²) in [6.07, 6.45) is 0. The van der Waals surface area contributed by atoms with Crippen LogP contribution in [-0.2, 0) is 4.79 Å². The van der Waals surface area contributed by atoms with Crippen LogP contribution in [0.3, 0.4) is 0 Å². The second kappa shape index (κ2) is 5.21. The van der Waals surface area contributed by atoms with Crippen LogP contribution in [0.1, 0.15) is 6.92 Å². The van der Waals surface area contributed by atoms with Gasteiger partial charge < -0.3 is 10.6 Å². The van der Waals surface area contributed by atoms with Crippen LogP contribution < -0.4 is 10.6 Å². The first-order valence-electron chi connectivity index (χ1n) is 4.40. The molecule has 3 nitrogen and oxygen atoms in total. The Balaban J connectivity index is 2.63. The van der Waals surface area contributed by atoms with E-state index in [1.807, 2.05) is 6.07 Å². The quantitative estimate of drug-likeness (QED) is 0.773. The maximum Gasteiger partial charge on any atom is 0.221 e. The number of nitrogens with one attached hydrogen (secondary N) is 2. The highest BCUT2D eigenvalue weighted by atomic mass is 19.1. The molecule has 0 spiro atoms. The topological polar surface area (TPSA) is 41.1 Å². The van der Waals surface area contributed by atoms with Crippen molar-refractivity contribution in [2.24, 2.45) is 0 Å². The van der Waals surface area contributed by atoms with Crippen LogP contribution in [-0.4, -0.2) is 19.1 Å². The van der Waals surface area contributed by atoms with Gasteiger partial charge in [-0.3, -0.25) is 4.79 Å². The number of hydrogen-bond acceptors (Lipinski definition) is 2. The molecule has 0 heterocycles. The maximum atomic E-state index is 11.9. The van der Waals surface area contributed by atoms with E-state index >= 15 is 0 Å². The first-order chi connectivity index (χ1) is 6.72.